The van der Waals surface area contributed by atoms with Crippen LogP contribution in [0.4, 0.5) is 0 Å². The second-order valence-corrected chi connectivity index (χ2v) is 4.16. The fourth-order valence-corrected chi connectivity index (χ4v) is 1.89. The minimum Gasteiger partial charge on any atom is -0.379 e. The van der Waals surface area contributed by atoms with Crippen molar-refractivity contribution in [3.8, 4) is 0 Å². The van der Waals surface area contributed by atoms with Gasteiger partial charge < -0.3 is 9.64 Å². The molecule has 3 nitrogen and oxygen atoms in total. The first-order valence-corrected chi connectivity index (χ1v) is 6.01. The highest BCUT2D eigenvalue weighted by Crippen LogP contribution is 2.09. The van der Waals surface area contributed by atoms with Crippen LogP contribution in [0.25, 0.3) is 0 Å². The highest BCUT2D eigenvalue weighted by molar-refractivity contribution is 7.99. The van der Waals surface area contributed by atoms with E-state index in [0.29, 0.717) is 12.4 Å². The molecule has 1 heterocycles. The average Bonchev–Trinajstić information content (AvgIpc) is 2.30. The first kappa shape index (κ1) is 10.9. The predicted octanol–water partition coefficient (Wildman–Crippen LogP) is 0.987. The molecule has 1 atom stereocenters. The van der Waals surface area contributed by atoms with E-state index in [2.05, 4.69) is 0 Å². The molecule has 4 heteroatoms. The lowest BCUT2D eigenvalue weighted by Crippen LogP contribution is -2.41. The number of carbonyl (C=O) groups excluding carboxylic acids is 1. The summed E-state index contributed by atoms with van der Waals surface area (Å²) >= 11 is 1.58. The summed E-state index contributed by atoms with van der Waals surface area (Å²) < 4.78 is 5.36. The summed E-state index contributed by atoms with van der Waals surface area (Å²) in [6, 6.07) is 0.238. The normalized spacial score (nSPS) is 24.2. The van der Waals surface area contributed by atoms with Gasteiger partial charge in [-0.1, -0.05) is 0 Å². The van der Waals surface area contributed by atoms with E-state index in [1.54, 1.807) is 11.8 Å². The van der Waals surface area contributed by atoms with Gasteiger partial charge in [-0.15, -0.1) is 0 Å². The Hall–Kier alpha value is -0.220. The lowest BCUT2D eigenvalue weighted by atomic mass is 10.3. The van der Waals surface area contributed by atoms with Crippen molar-refractivity contribution in [2.45, 2.75) is 19.4 Å². The van der Waals surface area contributed by atoms with Crippen molar-refractivity contribution in [2.24, 2.45) is 0 Å². The molecule has 0 N–H and O–H groups in total. The zero-order chi connectivity index (χ0) is 9.68. The van der Waals surface area contributed by atoms with Crippen molar-refractivity contribution in [3.05, 3.63) is 0 Å². The minimum atomic E-state index is 0.238. The van der Waals surface area contributed by atoms with Crippen molar-refractivity contribution in [1.82, 2.24) is 4.90 Å². The molecule has 0 aromatic carbocycles. The highest BCUT2D eigenvalue weighted by Gasteiger charge is 2.21. The standard InChI is InChI=1S/C9H17NO2S/c1-8-6-12-5-3-4-10(8)9(11)7-13-2/h8H,3-7H2,1-2H3. The molecular formula is C9H17NO2S. The number of ether oxygens (including phenoxy) is 1. The maximum absolute atomic E-state index is 11.6. The van der Waals surface area contributed by atoms with Crippen molar-refractivity contribution >= 4 is 17.7 Å². The van der Waals surface area contributed by atoms with Crippen LogP contribution in [0.5, 0.6) is 0 Å². The molecule has 1 aliphatic heterocycles. The Morgan fingerprint density at radius 3 is 3.15 bits per heavy atom. The van der Waals surface area contributed by atoms with E-state index in [0.717, 1.165) is 19.6 Å². The van der Waals surface area contributed by atoms with Crippen LogP contribution in [0.15, 0.2) is 0 Å². The molecule has 1 saturated heterocycles. The third kappa shape index (κ3) is 3.19. The lowest BCUT2D eigenvalue weighted by Gasteiger charge is -2.26. The number of amides is 1. The van der Waals surface area contributed by atoms with Crippen LogP contribution in [0.2, 0.25) is 0 Å². The maximum atomic E-state index is 11.6. The Kier molecular flexibility index (Phi) is 4.59. The summed E-state index contributed by atoms with van der Waals surface area (Å²) in [5, 5.41) is 0. The van der Waals surface area contributed by atoms with Gasteiger partial charge in [0.1, 0.15) is 0 Å². The zero-order valence-electron chi connectivity index (χ0n) is 8.28. The third-order valence-electron chi connectivity index (χ3n) is 2.17. The second-order valence-electron chi connectivity index (χ2n) is 3.30. The van der Waals surface area contributed by atoms with Gasteiger partial charge in [-0.05, 0) is 19.6 Å². The molecule has 0 bridgehead atoms. The molecule has 1 fully saturated rings. The number of hydrogen-bond donors (Lipinski definition) is 0. The van der Waals surface area contributed by atoms with Crippen molar-refractivity contribution < 1.29 is 9.53 Å². The quantitative estimate of drug-likeness (QED) is 0.670. The molecule has 1 rings (SSSR count). The molecule has 76 valence electrons. The van der Waals surface area contributed by atoms with Crippen molar-refractivity contribution in [2.75, 3.05) is 31.8 Å². The van der Waals surface area contributed by atoms with Crippen LogP contribution < -0.4 is 0 Å². The van der Waals surface area contributed by atoms with E-state index in [9.17, 15) is 4.79 Å². The number of rotatable bonds is 2. The van der Waals surface area contributed by atoms with Gasteiger partial charge in [-0.3, -0.25) is 4.79 Å². The van der Waals surface area contributed by atoms with Crippen LogP contribution in [-0.4, -0.2) is 48.6 Å². The maximum Gasteiger partial charge on any atom is 0.232 e. The Labute approximate surface area is 83.8 Å². The Bertz CT molecular complexity index is 175. The fraction of sp³-hybridized carbons (Fsp3) is 0.889. The van der Waals surface area contributed by atoms with Crippen LogP contribution in [0, 0.1) is 0 Å². The SMILES string of the molecule is CSCC(=O)N1CCCOCC1C. The van der Waals surface area contributed by atoms with E-state index in [-0.39, 0.29) is 11.9 Å². The summed E-state index contributed by atoms with van der Waals surface area (Å²) in [6.07, 6.45) is 2.92. The number of hydrogen-bond acceptors (Lipinski definition) is 3. The summed E-state index contributed by atoms with van der Waals surface area (Å²) in [6.45, 7) is 4.36. The Balaban J connectivity index is 2.48. The van der Waals surface area contributed by atoms with Gasteiger partial charge in [-0.25, -0.2) is 0 Å². The minimum absolute atomic E-state index is 0.238. The summed E-state index contributed by atoms with van der Waals surface area (Å²) in [5.41, 5.74) is 0. The highest BCUT2D eigenvalue weighted by atomic mass is 32.2. The first-order valence-electron chi connectivity index (χ1n) is 4.62. The molecule has 1 amide bonds. The molecule has 0 aromatic rings. The molecule has 0 aliphatic carbocycles. The Morgan fingerprint density at radius 2 is 2.46 bits per heavy atom. The molecule has 0 aromatic heterocycles. The summed E-state index contributed by atoms with van der Waals surface area (Å²) in [4.78, 5) is 13.5. The van der Waals surface area contributed by atoms with E-state index >= 15 is 0 Å². The second kappa shape index (κ2) is 5.50. The number of nitrogens with zero attached hydrogens (tertiary/aromatic N) is 1. The van der Waals surface area contributed by atoms with Crippen LogP contribution in [0.3, 0.4) is 0 Å². The van der Waals surface area contributed by atoms with Crippen LogP contribution in [0.1, 0.15) is 13.3 Å². The first-order chi connectivity index (χ1) is 6.25. The topological polar surface area (TPSA) is 29.5 Å². The molecule has 1 aliphatic rings. The van der Waals surface area contributed by atoms with Crippen molar-refractivity contribution in [1.29, 1.82) is 0 Å². The number of carbonyl (C=O) groups is 1. The number of thioether (sulfide) groups is 1. The predicted molar refractivity (Wildman–Crippen MR) is 55.0 cm³/mol. The lowest BCUT2D eigenvalue weighted by molar-refractivity contribution is -0.130. The average molecular weight is 203 g/mol. The molecule has 0 radical (unpaired) electrons. The fourth-order valence-electron chi connectivity index (χ4n) is 1.48. The van der Waals surface area contributed by atoms with E-state index in [1.807, 2.05) is 18.1 Å². The van der Waals surface area contributed by atoms with Gasteiger partial charge in [0.15, 0.2) is 0 Å². The Morgan fingerprint density at radius 1 is 1.69 bits per heavy atom. The summed E-state index contributed by atoms with van der Waals surface area (Å²) in [5.74, 6) is 0.829. The van der Waals surface area contributed by atoms with E-state index in [1.165, 1.54) is 0 Å². The van der Waals surface area contributed by atoms with Gasteiger partial charge in [0.2, 0.25) is 5.91 Å². The third-order valence-corrected chi connectivity index (χ3v) is 2.70. The molecular weight excluding hydrogens is 186 g/mol. The van der Waals surface area contributed by atoms with E-state index < -0.39 is 0 Å². The summed E-state index contributed by atoms with van der Waals surface area (Å²) in [7, 11) is 0. The van der Waals surface area contributed by atoms with Gasteiger partial charge in [0.05, 0.1) is 18.4 Å². The zero-order valence-corrected chi connectivity index (χ0v) is 9.10. The molecule has 0 spiro atoms. The smallest absolute Gasteiger partial charge is 0.232 e. The van der Waals surface area contributed by atoms with Gasteiger partial charge in [0.25, 0.3) is 0 Å². The van der Waals surface area contributed by atoms with Gasteiger partial charge in [0, 0.05) is 13.2 Å². The molecule has 0 saturated carbocycles. The monoisotopic (exact) mass is 203 g/mol. The largest absolute Gasteiger partial charge is 0.379 e. The van der Waals surface area contributed by atoms with Crippen molar-refractivity contribution in [3.63, 3.8) is 0 Å². The van der Waals surface area contributed by atoms with Crippen LogP contribution >= 0.6 is 11.8 Å². The molecule has 13 heavy (non-hydrogen) atoms. The molecule has 1 unspecified atom stereocenters. The van der Waals surface area contributed by atoms with Gasteiger partial charge in [-0.2, -0.15) is 11.8 Å². The van der Waals surface area contributed by atoms with Gasteiger partial charge >= 0.3 is 0 Å². The van der Waals surface area contributed by atoms with Crippen LogP contribution in [-0.2, 0) is 9.53 Å². The van der Waals surface area contributed by atoms with E-state index in [4.69, 9.17) is 4.74 Å².